The van der Waals surface area contributed by atoms with E-state index in [4.69, 9.17) is 11.6 Å². The summed E-state index contributed by atoms with van der Waals surface area (Å²) in [6.07, 6.45) is 4.19. The third-order valence-electron chi connectivity index (χ3n) is 4.42. The molecule has 0 bridgehead atoms. The highest BCUT2D eigenvalue weighted by atomic mass is 35.5. The van der Waals surface area contributed by atoms with Crippen LogP contribution in [0.15, 0.2) is 30.5 Å². The molecule has 1 aromatic carbocycles. The summed E-state index contributed by atoms with van der Waals surface area (Å²) in [5.74, 6) is -0.0654. The van der Waals surface area contributed by atoms with Gasteiger partial charge in [-0.05, 0) is 30.9 Å². The molecule has 0 atom stereocenters. The standard InChI is InChI=1S/C16H20ClN5O3S/c1-26(24,25)21-8-6-12(7-9-21)10-18-16(23)14-11-22(20-19-14)15-5-3-2-4-13(15)17/h2-5,11-12H,6-10H2,1H3,(H,18,23). The van der Waals surface area contributed by atoms with E-state index >= 15 is 0 Å². The molecule has 0 unspecified atom stereocenters. The fourth-order valence-electron chi connectivity index (χ4n) is 2.90. The van der Waals surface area contributed by atoms with Crippen LogP contribution in [-0.4, -0.2) is 59.5 Å². The van der Waals surface area contributed by atoms with Crippen LogP contribution in [0.25, 0.3) is 5.69 Å². The Morgan fingerprint density at radius 1 is 1.31 bits per heavy atom. The Balaban J connectivity index is 1.54. The number of carbonyl (C=O) groups is 1. The molecule has 1 aromatic heterocycles. The van der Waals surface area contributed by atoms with E-state index in [0.717, 1.165) is 12.8 Å². The van der Waals surface area contributed by atoms with Crippen LogP contribution in [0.4, 0.5) is 0 Å². The number of hydrogen-bond donors (Lipinski definition) is 1. The number of halogens is 1. The van der Waals surface area contributed by atoms with Crippen LogP contribution in [0.1, 0.15) is 23.3 Å². The second-order valence-electron chi connectivity index (χ2n) is 6.32. The summed E-state index contributed by atoms with van der Waals surface area (Å²) in [5, 5.41) is 11.2. The molecule has 1 aliphatic rings. The first kappa shape index (κ1) is 18.8. The number of para-hydroxylation sites is 1. The first-order valence-electron chi connectivity index (χ1n) is 8.25. The zero-order valence-electron chi connectivity index (χ0n) is 14.3. The van der Waals surface area contributed by atoms with E-state index in [1.54, 1.807) is 12.1 Å². The van der Waals surface area contributed by atoms with E-state index in [1.807, 2.05) is 12.1 Å². The number of benzene rings is 1. The number of nitrogens with zero attached hydrogens (tertiary/aromatic N) is 4. The van der Waals surface area contributed by atoms with E-state index < -0.39 is 10.0 Å². The summed E-state index contributed by atoms with van der Waals surface area (Å²) >= 11 is 6.12. The van der Waals surface area contributed by atoms with Crippen LogP contribution in [-0.2, 0) is 10.0 Å². The zero-order chi connectivity index (χ0) is 18.7. The third-order valence-corrected chi connectivity index (χ3v) is 6.04. The molecule has 8 nitrogen and oxygen atoms in total. The first-order chi connectivity index (χ1) is 12.3. The van der Waals surface area contributed by atoms with Crippen molar-refractivity contribution in [2.75, 3.05) is 25.9 Å². The van der Waals surface area contributed by atoms with Gasteiger partial charge in [-0.15, -0.1) is 5.10 Å². The SMILES string of the molecule is CS(=O)(=O)N1CCC(CNC(=O)c2cn(-c3ccccc3Cl)nn2)CC1. The maximum absolute atomic E-state index is 12.3. The van der Waals surface area contributed by atoms with E-state index in [1.165, 1.54) is 21.4 Å². The van der Waals surface area contributed by atoms with Crippen LogP contribution in [0, 0.1) is 5.92 Å². The van der Waals surface area contributed by atoms with Crippen molar-refractivity contribution in [3.63, 3.8) is 0 Å². The van der Waals surface area contributed by atoms with Crippen molar-refractivity contribution in [2.24, 2.45) is 5.92 Å². The highest BCUT2D eigenvalue weighted by molar-refractivity contribution is 7.88. The monoisotopic (exact) mass is 397 g/mol. The number of aromatic nitrogens is 3. The van der Waals surface area contributed by atoms with Crippen LogP contribution >= 0.6 is 11.6 Å². The van der Waals surface area contributed by atoms with Crippen LogP contribution in [0.3, 0.4) is 0 Å². The molecule has 2 aromatic rings. The summed E-state index contributed by atoms with van der Waals surface area (Å²) < 4.78 is 26.0. The molecule has 0 aliphatic carbocycles. The maximum Gasteiger partial charge on any atom is 0.273 e. The maximum atomic E-state index is 12.3. The highest BCUT2D eigenvalue weighted by Crippen LogP contribution is 2.20. The van der Waals surface area contributed by atoms with Gasteiger partial charge in [0, 0.05) is 19.6 Å². The van der Waals surface area contributed by atoms with Crippen molar-refractivity contribution in [1.29, 1.82) is 0 Å². The number of sulfonamides is 1. The lowest BCUT2D eigenvalue weighted by atomic mass is 9.98. The fourth-order valence-corrected chi connectivity index (χ4v) is 3.99. The summed E-state index contributed by atoms with van der Waals surface area (Å²) in [4.78, 5) is 12.3. The Kier molecular flexibility index (Phi) is 5.59. The molecule has 1 aliphatic heterocycles. The quantitative estimate of drug-likeness (QED) is 0.820. The van der Waals surface area contributed by atoms with Crippen molar-refractivity contribution in [2.45, 2.75) is 12.8 Å². The Labute approximate surface area is 157 Å². The van der Waals surface area contributed by atoms with Gasteiger partial charge in [0.1, 0.15) is 0 Å². The molecular weight excluding hydrogens is 378 g/mol. The second kappa shape index (κ2) is 7.73. The number of piperidine rings is 1. The molecule has 0 spiro atoms. The number of hydrogen-bond acceptors (Lipinski definition) is 5. The Morgan fingerprint density at radius 3 is 2.65 bits per heavy atom. The number of carbonyl (C=O) groups excluding carboxylic acids is 1. The molecule has 26 heavy (non-hydrogen) atoms. The van der Waals surface area contributed by atoms with Crippen molar-refractivity contribution in [3.8, 4) is 5.69 Å². The predicted octanol–water partition coefficient (Wildman–Crippen LogP) is 1.32. The van der Waals surface area contributed by atoms with Gasteiger partial charge in [-0.25, -0.2) is 17.4 Å². The first-order valence-corrected chi connectivity index (χ1v) is 10.5. The van der Waals surface area contributed by atoms with Crippen molar-refractivity contribution in [1.82, 2.24) is 24.6 Å². The summed E-state index contributed by atoms with van der Waals surface area (Å²) in [6.45, 7) is 1.46. The van der Waals surface area contributed by atoms with E-state index in [-0.39, 0.29) is 17.5 Å². The topological polar surface area (TPSA) is 97.2 Å². The van der Waals surface area contributed by atoms with E-state index in [9.17, 15) is 13.2 Å². The third kappa shape index (κ3) is 4.40. The molecule has 10 heteroatoms. The lowest BCUT2D eigenvalue weighted by Crippen LogP contribution is -2.41. The average molecular weight is 398 g/mol. The molecule has 1 fully saturated rings. The van der Waals surface area contributed by atoms with Crippen molar-refractivity contribution >= 4 is 27.5 Å². The van der Waals surface area contributed by atoms with E-state index in [0.29, 0.717) is 30.3 Å². The predicted molar refractivity (Wildman–Crippen MR) is 97.8 cm³/mol. The Bertz CT molecular complexity index is 891. The highest BCUT2D eigenvalue weighted by Gasteiger charge is 2.25. The minimum Gasteiger partial charge on any atom is -0.350 e. The van der Waals surface area contributed by atoms with Crippen molar-refractivity contribution < 1.29 is 13.2 Å². The Hall–Kier alpha value is -1.97. The van der Waals surface area contributed by atoms with Crippen LogP contribution in [0.5, 0.6) is 0 Å². The number of nitrogens with one attached hydrogen (secondary N) is 1. The smallest absolute Gasteiger partial charge is 0.273 e. The van der Waals surface area contributed by atoms with Gasteiger partial charge in [-0.2, -0.15) is 0 Å². The molecule has 1 saturated heterocycles. The molecule has 1 amide bonds. The van der Waals surface area contributed by atoms with Crippen molar-refractivity contribution in [3.05, 3.63) is 41.2 Å². The average Bonchev–Trinajstić information content (AvgIpc) is 3.09. The summed E-state index contributed by atoms with van der Waals surface area (Å²) in [7, 11) is -3.14. The van der Waals surface area contributed by atoms with Gasteiger partial charge in [0.2, 0.25) is 10.0 Å². The number of rotatable bonds is 5. The van der Waals surface area contributed by atoms with Gasteiger partial charge >= 0.3 is 0 Å². The molecular formula is C16H20ClN5O3S. The van der Waals surface area contributed by atoms with Gasteiger partial charge < -0.3 is 5.32 Å². The van der Waals surface area contributed by atoms with E-state index in [2.05, 4.69) is 15.6 Å². The molecule has 0 saturated carbocycles. The summed E-state index contributed by atoms with van der Waals surface area (Å²) in [6, 6.07) is 7.16. The minimum absolute atomic E-state index is 0.207. The second-order valence-corrected chi connectivity index (χ2v) is 8.70. The van der Waals surface area contributed by atoms with Gasteiger partial charge in [0.15, 0.2) is 5.69 Å². The van der Waals surface area contributed by atoms with Crippen LogP contribution < -0.4 is 5.32 Å². The van der Waals surface area contributed by atoms with Gasteiger partial charge in [0.05, 0.1) is 23.2 Å². The van der Waals surface area contributed by atoms with Gasteiger partial charge in [0.25, 0.3) is 5.91 Å². The lowest BCUT2D eigenvalue weighted by molar-refractivity contribution is 0.0936. The van der Waals surface area contributed by atoms with Gasteiger partial charge in [-0.3, -0.25) is 4.79 Å². The lowest BCUT2D eigenvalue weighted by Gasteiger charge is -2.30. The van der Waals surface area contributed by atoms with Gasteiger partial charge in [-0.1, -0.05) is 28.9 Å². The van der Waals surface area contributed by atoms with Crippen LogP contribution in [0.2, 0.25) is 5.02 Å². The molecule has 0 radical (unpaired) electrons. The Morgan fingerprint density at radius 2 is 2.00 bits per heavy atom. The molecule has 3 rings (SSSR count). The fraction of sp³-hybridized carbons (Fsp3) is 0.438. The number of amides is 1. The largest absolute Gasteiger partial charge is 0.350 e. The zero-order valence-corrected chi connectivity index (χ0v) is 15.9. The molecule has 140 valence electrons. The summed E-state index contributed by atoms with van der Waals surface area (Å²) in [5.41, 5.74) is 0.854. The molecule has 2 heterocycles. The minimum atomic E-state index is -3.14. The molecule has 1 N–H and O–H groups in total. The normalized spacial score (nSPS) is 16.5.